The summed E-state index contributed by atoms with van der Waals surface area (Å²) in [7, 11) is 0. The van der Waals surface area contributed by atoms with Gasteiger partial charge in [-0.05, 0) is 29.7 Å². The maximum Gasteiger partial charge on any atom is 0.161 e. The highest BCUT2D eigenvalue weighted by Gasteiger charge is 2.16. The minimum absolute atomic E-state index is 0.0222. The van der Waals surface area contributed by atoms with Gasteiger partial charge < -0.3 is 4.74 Å². The first-order valence-electron chi connectivity index (χ1n) is 7.72. The molecular weight excluding hydrogens is 312 g/mol. The second-order valence-corrected chi connectivity index (χ2v) is 6.97. The van der Waals surface area contributed by atoms with Gasteiger partial charge in [0, 0.05) is 18.1 Å². The molecule has 0 radical (unpaired) electrons. The van der Waals surface area contributed by atoms with Gasteiger partial charge in [-0.2, -0.15) is 0 Å². The van der Waals surface area contributed by atoms with Crippen LogP contribution >= 0.6 is 0 Å². The molecule has 0 amide bonds. The van der Waals surface area contributed by atoms with E-state index >= 15 is 0 Å². The average molecular weight is 331 g/mol. The van der Waals surface area contributed by atoms with Crippen molar-refractivity contribution in [2.75, 3.05) is 0 Å². The minimum Gasteiger partial charge on any atom is -0.487 e. The molecule has 0 saturated heterocycles. The van der Waals surface area contributed by atoms with Crippen molar-refractivity contribution in [1.29, 1.82) is 0 Å². The Morgan fingerprint density at radius 1 is 1.08 bits per heavy atom. The average Bonchev–Trinajstić information content (AvgIpc) is 2.87. The molecule has 0 atom stereocenters. The fraction of sp³-hybridized carbons (Fsp3) is 0.333. The van der Waals surface area contributed by atoms with Crippen LogP contribution in [-0.4, -0.2) is 14.6 Å². The van der Waals surface area contributed by atoms with E-state index in [0.717, 1.165) is 24.0 Å². The normalized spacial score (nSPS) is 11.9. The third-order valence-corrected chi connectivity index (χ3v) is 3.54. The zero-order valence-electron chi connectivity index (χ0n) is 13.9. The second-order valence-electron chi connectivity index (χ2n) is 6.97. The van der Waals surface area contributed by atoms with Gasteiger partial charge in [-0.25, -0.2) is 8.78 Å². The lowest BCUT2D eigenvalue weighted by Gasteiger charge is -2.16. The highest BCUT2D eigenvalue weighted by atomic mass is 19.1. The number of ether oxygens (including phenoxy) is 1. The van der Waals surface area contributed by atoms with Gasteiger partial charge in [-0.3, -0.25) is 4.40 Å². The van der Waals surface area contributed by atoms with Crippen LogP contribution in [0.5, 0.6) is 5.75 Å². The predicted molar refractivity (Wildman–Crippen MR) is 86.8 cm³/mol. The summed E-state index contributed by atoms with van der Waals surface area (Å²) in [6.45, 7) is 6.41. The molecule has 3 rings (SSSR count). The van der Waals surface area contributed by atoms with Crippen molar-refractivity contribution in [2.24, 2.45) is 5.41 Å². The number of nitrogens with zero attached hydrogens (tertiary/aromatic N) is 3. The molecule has 0 saturated carbocycles. The van der Waals surface area contributed by atoms with E-state index in [0.29, 0.717) is 11.3 Å². The van der Waals surface area contributed by atoms with E-state index in [1.54, 1.807) is 18.3 Å². The first-order chi connectivity index (χ1) is 11.3. The van der Waals surface area contributed by atoms with Crippen LogP contribution < -0.4 is 4.74 Å². The van der Waals surface area contributed by atoms with Crippen LogP contribution in [-0.2, 0) is 13.0 Å². The van der Waals surface area contributed by atoms with Gasteiger partial charge in [0.25, 0.3) is 0 Å². The smallest absolute Gasteiger partial charge is 0.161 e. The van der Waals surface area contributed by atoms with E-state index in [1.807, 2.05) is 4.40 Å². The molecule has 0 fully saturated rings. The monoisotopic (exact) mass is 331 g/mol. The van der Waals surface area contributed by atoms with Crippen LogP contribution in [0.4, 0.5) is 8.78 Å². The summed E-state index contributed by atoms with van der Waals surface area (Å²) >= 11 is 0. The van der Waals surface area contributed by atoms with Gasteiger partial charge in [0.1, 0.15) is 29.8 Å². The Kier molecular flexibility index (Phi) is 4.22. The lowest BCUT2D eigenvalue weighted by Crippen LogP contribution is -2.12. The summed E-state index contributed by atoms with van der Waals surface area (Å²) in [5.41, 5.74) is 1.11. The maximum atomic E-state index is 13.7. The quantitative estimate of drug-likeness (QED) is 0.720. The molecular formula is C18H19F2N3O. The van der Waals surface area contributed by atoms with Gasteiger partial charge in [0.05, 0.1) is 6.20 Å². The highest BCUT2D eigenvalue weighted by molar-refractivity contribution is 5.41. The molecule has 0 bridgehead atoms. The number of benzene rings is 1. The van der Waals surface area contributed by atoms with Gasteiger partial charge in [0.15, 0.2) is 5.65 Å². The van der Waals surface area contributed by atoms with Crippen LogP contribution in [0.1, 0.15) is 32.2 Å². The third-order valence-electron chi connectivity index (χ3n) is 3.54. The summed E-state index contributed by atoms with van der Waals surface area (Å²) in [4.78, 5) is 0. The Bertz CT molecular complexity index is 868. The number of hydrogen-bond acceptors (Lipinski definition) is 3. The number of halogens is 2. The van der Waals surface area contributed by atoms with E-state index in [2.05, 4.69) is 31.0 Å². The summed E-state index contributed by atoms with van der Waals surface area (Å²) < 4.78 is 34.1. The molecule has 1 aromatic carbocycles. The largest absolute Gasteiger partial charge is 0.487 e. The van der Waals surface area contributed by atoms with Crippen molar-refractivity contribution >= 4 is 5.65 Å². The minimum atomic E-state index is -0.617. The van der Waals surface area contributed by atoms with E-state index in [1.165, 1.54) is 12.1 Å². The van der Waals surface area contributed by atoms with Crippen LogP contribution in [0.25, 0.3) is 5.65 Å². The first kappa shape index (κ1) is 16.4. The summed E-state index contributed by atoms with van der Waals surface area (Å²) in [6.07, 6.45) is 2.56. The lowest BCUT2D eigenvalue weighted by atomic mass is 9.92. The Morgan fingerprint density at radius 2 is 1.88 bits per heavy atom. The molecule has 6 heteroatoms. The zero-order chi connectivity index (χ0) is 17.3. The van der Waals surface area contributed by atoms with Crippen molar-refractivity contribution in [3.05, 3.63) is 59.6 Å². The molecule has 4 nitrogen and oxygen atoms in total. The van der Waals surface area contributed by atoms with E-state index in [-0.39, 0.29) is 12.0 Å². The topological polar surface area (TPSA) is 39.4 Å². The summed E-state index contributed by atoms with van der Waals surface area (Å²) in [6, 6.07) is 7.00. The fourth-order valence-electron chi connectivity index (χ4n) is 2.40. The van der Waals surface area contributed by atoms with Crippen molar-refractivity contribution in [1.82, 2.24) is 14.6 Å². The predicted octanol–water partition coefficient (Wildman–Crippen LogP) is 4.18. The van der Waals surface area contributed by atoms with Gasteiger partial charge in [-0.15, -0.1) is 10.2 Å². The number of fused-ring (bicyclic) bond motifs is 1. The molecule has 126 valence electrons. The van der Waals surface area contributed by atoms with Crippen molar-refractivity contribution in [3.63, 3.8) is 0 Å². The lowest BCUT2D eigenvalue weighted by molar-refractivity contribution is 0.297. The molecule has 2 heterocycles. The van der Waals surface area contributed by atoms with Crippen molar-refractivity contribution in [3.8, 4) is 5.75 Å². The molecule has 2 aromatic heterocycles. The molecule has 0 unspecified atom stereocenters. The van der Waals surface area contributed by atoms with Crippen LogP contribution in [0, 0.1) is 17.0 Å². The molecule has 0 aliphatic heterocycles. The zero-order valence-corrected chi connectivity index (χ0v) is 13.9. The molecule has 24 heavy (non-hydrogen) atoms. The fourth-order valence-corrected chi connectivity index (χ4v) is 2.40. The Morgan fingerprint density at radius 3 is 2.58 bits per heavy atom. The molecule has 0 aliphatic carbocycles. The highest BCUT2D eigenvalue weighted by Crippen LogP contribution is 2.22. The van der Waals surface area contributed by atoms with Crippen LogP contribution in [0.3, 0.4) is 0 Å². The van der Waals surface area contributed by atoms with Gasteiger partial charge in [-0.1, -0.05) is 20.8 Å². The third kappa shape index (κ3) is 3.69. The Labute approximate surface area is 139 Å². The summed E-state index contributed by atoms with van der Waals surface area (Å²) in [5.74, 6) is 0.194. The number of pyridine rings is 1. The van der Waals surface area contributed by atoms with Gasteiger partial charge in [0.2, 0.25) is 0 Å². The Hall–Kier alpha value is -2.50. The standard InChI is InChI=1S/C18H19F2N3O/c1-18(2,3)9-17-22-21-16-7-6-14(10-23(16)17)24-11-12-4-5-13(19)8-15(12)20/h4-8,10H,9,11H2,1-3H3. The first-order valence-corrected chi connectivity index (χ1v) is 7.72. The van der Waals surface area contributed by atoms with E-state index in [9.17, 15) is 8.78 Å². The molecule has 3 aromatic rings. The molecule has 0 N–H and O–H groups in total. The maximum absolute atomic E-state index is 13.7. The van der Waals surface area contributed by atoms with Crippen molar-refractivity contribution in [2.45, 2.75) is 33.8 Å². The number of aromatic nitrogens is 3. The molecule has 0 spiro atoms. The summed E-state index contributed by atoms with van der Waals surface area (Å²) in [5, 5.41) is 8.36. The molecule has 0 aliphatic rings. The van der Waals surface area contributed by atoms with E-state index < -0.39 is 11.6 Å². The van der Waals surface area contributed by atoms with Crippen LogP contribution in [0.15, 0.2) is 36.5 Å². The number of rotatable bonds is 4. The SMILES string of the molecule is CC(C)(C)Cc1nnc2ccc(OCc3ccc(F)cc3F)cn12. The Balaban J connectivity index is 1.81. The number of hydrogen-bond donors (Lipinski definition) is 0. The van der Waals surface area contributed by atoms with E-state index in [4.69, 9.17) is 4.74 Å². The second kappa shape index (κ2) is 6.19. The van der Waals surface area contributed by atoms with Crippen molar-refractivity contribution < 1.29 is 13.5 Å². The van der Waals surface area contributed by atoms with Gasteiger partial charge >= 0.3 is 0 Å². The van der Waals surface area contributed by atoms with Crippen LogP contribution in [0.2, 0.25) is 0 Å².